The molecule has 1 heterocycles. The van der Waals surface area contributed by atoms with E-state index in [9.17, 15) is 9.59 Å². The minimum Gasteiger partial charge on any atom is -0.328 e. The van der Waals surface area contributed by atoms with E-state index in [1.807, 2.05) is 56.3 Å². The van der Waals surface area contributed by atoms with Crippen molar-refractivity contribution in [1.82, 2.24) is 14.5 Å². The predicted molar refractivity (Wildman–Crippen MR) is 146 cm³/mol. The Morgan fingerprint density at radius 2 is 1.74 bits per heavy atom. The number of para-hydroxylation sites is 1. The van der Waals surface area contributed by atoms with Gasteiger partial charge in [0.2, 0.25) is 0 Å². The van der Waals surface area contributed by atoms with E-state index in [4.69, 9.17) is 16.6 Å². The predicted octanol–water partition coefficient (Wildman–Crippen LogP) is 6.97. The Balaban J connectivity index is 1.94. The highest BCUT2D eigenvalue weighted by Gasteiger charge is 2.28. The summed E-state index contributed by atoms with van der Waals surface area (Å²) in [5, 5.41) is 1.11. The number of aromatic nitrogens is 2. The number of rotatable bonds is 6. The molecule has 0 radical (unpaired) electrons. The van der Waals surface area contributed by atoms with E-state index in [0.717, 1.165) is 10.0 Å². The monoisotopic (exact) mass is 551 g/mol. The van der Waals surface area contributed by atoms with Gasteiger partial charge < -0.3 is 4.90 Å². The minimum atomic E-state index is -0.471. The van der Waals surface area contributed by atoms with Gasteiger partial charge in [0, 0.05) is 21.6 Å². The molecule has 4 aromatic rings. The Morgan fingerprint density at radius 3 is 2.40 bits per heavy atom. The van der Waals surface area contributed by atoms with E-state index in [1.165, 1.54) is 0 Å². The van der Waals surface area contributed by atoms with Gasteiger partial charge in [0.15, 0.2) is 0 Å². The molecule has 0 N–H and O–H groups in total. The zero-order valence-corrected chi connectivity index (χ0v) is 22.5. The summed E-state index contributed by atoms with van der Waals surface area (Å²) in [7, 11) is 0. The molecule has 0 aliphatic heterocycles. The molecule has 7 heteroatoms. The van der Waals surface area contributed by atoms with Crippen LogP contribution in [0.5, 0.6) is 0 Å². The summed E-state index contributed by atoms with van der Waals surface area (Å²) in [5.74, 6) is 0.612. The molecule has 1 amide bonds. The molecule has 1 unspecified atom stereocenters. The summed E-state index contributed by atoms with van der Waals surface area (Å²) in [4.78, 5) is 34.2. The highest BCUT2D eigenvalue weighted by Crippen LogP contribution is 2.27. The molecule has 1 aromatic heterocycles. The molecule has 0 aliphatic carbocycles. The molecule has 35 heavy (non-hydrogen) atoms. The molecular formula is C28H27BrClN3O2. The first kappa shape index (κ1) is 25.1. The van der Waals surface area contributed by atoms with Crippen molar-refractivity contribution in [3.8, 4) is 5.69 Å². The SMILES string of the molecule is Cc1cc(Cl)ccc1-n1c(C(C)N(CC(C)C)C(=O)c2ccc(Br)cc2)nc2ccccc2c1=O. The van der Waals surface area contributed by atoms with Crippen molar-refractivity contribution in [3.63, 3.8) is 0 Å². The van der Waals surface area contributed by atoms with E-state index in [1.54, 1.807) is 33.7 Å². The zero-order valence-electron chi connectivity index (χ0n) is 20.1. The minimum absolute atomic E-state index is 0.111. The van der Waals surface area contributed by atoms with Gasteiger partial charge in [-0.25, -0.2) is 4.98 Å². The van der Waals surface area contributed by atoms with Gasteiger partial charge in [-0.15, -0.1) is 0 Å². The molecule has 0 saturated carbocycles. The van der Waals surface area contributed by atoms with Crippen LogP contribution in [0.25, 0.3) is 16.6 Å². The third-order valence-electron chi connectivity index (χ3n) is 5.96. The number of fused-ring (bicyclic) bond motifs is 1. The molecule has 0 bridgehead atoms. The smallest absolute Gasteiger partial charge is 0.266 e. The van der Waals surface area contributed by atoms with Gasteiger partial charge in [0.05, 0.1) is 22.6 Å². The third-order valence-corrected chi connectivity index (χ3v) is 6.72. The lowest BCUT2D eigenvalue weighted by Crippen LogP contribution is -2.39. The maximum atomic E-state index is 13.8. The van der Waals surface area contributed by atoms with Gasteiger partial charge in [0.25, 0.3) is 11.5 Å². The van der Waals surface area contributed by atoms with Crippen LogP contribution in [0.3, 0.4) is 0 Å². The largest absolute Gasteiger partial charge is 0.328 e. The zero-order chi connectivity index (χ0) is 25.3. The van der Waals surface area contributed by atoms with Crippen LogP contribution in [-0.2, 0) is 0 Å². The standard InChI is InChI=1S/C28H27BrClN3O2/c1-17(2)16-32(27(34)20-9-11-21(29)12-10-20)19(4)26-31-24-8-6-5-7-23(24)28(35)33(26)25-14-13-22(30)15-18(25)3/h5-15,17,19H,16H2,1-4H3. The van der Waals surface area contributed by atoms with Crippen molar-refractivity contribution >= 4 is 44.3 Å². The van der Waals surface area contributed by atoms with Crippen molar-refractivity contribution in [2.75, 3.05) is 6.54 Å². The van der Waals surface area contributed by atoms with Crippen molar-refractivity contribution in [2.45, 2.75) is 33.7 Å². The van der Waals surface area contributed by atoms with Gasteiger partial charge in [-0.05, 0) is 79.9 Å². The van der Waals surface area contributed by atoms with Crippen LogP contribution < -0.4 is 5.56 Å². The number of halogens is 2. The lowest BCUT2D eigenvalue weighted by Gasteiger charge is -2.32. The summed E-state index contributed by atoms with van der Waals surface area (Å²) in [5.41, 5.74) is 2.55. The van der Waals surface area contributed by atoms with Crippen LogP contribution in [0, 0.1) is 12.8 Å². The molecule has 5 nitrogen and oxygen atoms in total. The van der Waals surface area contributed by atoms with Crippen molar-refractivity contribution in [1.29, 1.82) is 0 Å². The van der Waals surface area contributed by atoms with Crippen molar-refractivity contribution in [2.24, 2.45) is 5.92 Å². The second-order valence-corrected chi connectivity index (χ2v) is 10.4. The second kappa shape index (κ2) is 10.3. The first-order chi connectivity index (χ1) is 16.7. The van der Waals surface area contributed by atoms with E-state index < -0.39 is 6.04 Å². The Hall–Kier alpha value is -2.96. The van der Waals surface area contributed by atoms with Gasteiger partial charge >= 0.3 is 0 Å². The Kier molecular flexibility index (Phi) is 7.43. The van der Waals surface area contributed by atoms with E-state index in [-0.39, 0.29) is 17.4 Å². The quantitative estimate of drug-likeness (QED) is 0.260. The number of hydrogen-bond acceptors (Lipinski definition) is 3. The van der Waals surface area contributed by atoms with Crippen LogP contribution in [-0.4, -0.2) is 26.9 Å². The molecule has 4 rings (SSSR count). The Labute approximate surface area is 218 Å². The van der Waals surface area contributed by atoms with Gasteiger partial charge in [-0.1, -0.05) is 53.5 Å². The number of nitrogens with zero attached hydrogens (tertiary/aromatic N) is 3. The van der Waals surface area contributed by atoms with E-state index in [0.29, 0.717) is 39.5 Å². The van der Waals surface area contributed by atoms with Gasteiger partial charge in [-0.3, -0.25) is 14.2 Å². The highest BCUT2D eigenvalue weighted by atomic mass is 79.9. The Morgan fingerprint density at radius 1 is 1.06 bits per heavy atom. The molecule has 0 aliphatic rings. The maximum absolute atomic E-state index is 13.8. The second-order valence-electron chi connectivity index (χ2n) is 9.09. The lowest BCUT2D eigenvalue weighted by atomic mass is 10.1. The van der Waals surface area contributed by atoms with Crippen molar-refractivity contribution in [3.05, 3.63) is 104 Å². The topological polar surface area (TPSA) is 55.2 Å². The normalized spacial score (nSPS) is 12.2. The van der Waals surface area contributed by atoms with Crippen LogP contribution in [0.4, 0.5) is 0 Å². The first-order valence-electron chi connectivity index (χ1n) is 11.5. The molecule has 0 fully saturated rings. The maximum Gasteiger partial charge on any atom is 0.266 e. The fourth-order valence-corrected chi connectivity index (χ4v) is 4.73. The van der Waals surface area contributed by atoms with Gasteiger partial charge in [0.1, 0.15) is 5.82 Å². The molecule has 0 saturated heterocycles. The summed E-state index contributed by atoms with van der Waals surface area (Å²) < 4.78 is 2.53. The lowest BCUT2D eigenvalue weighted by molar-refractivity contribution is 0.0655. The number of benzene rings is 3. The highest BCUT2D eigenvalue weighted by molar-refractivity contribution is 9.10. The van der Waals surface area contributed by atoms with E-state index in [2.05, 4.69) is 29.8 Å². The average Bonchev–Trinajstić information content (AvgIpc) is 2.83. The number of carbonyl (C=O) groups excluding carboxylic acids is 1. The summed E-state index contributed by atoms with van der Waals surface area (Å²) >= 11 is 9.64. The molecule has 1 atom stereocenters. The van der Waals surface area contributed by atoms with E-state index >= 15 is 0 Å². The summed E-state index contributed by atoms with van der Waals surface area (Å²) in [6.45, 7) is 8.49. The number of amides is 1. The van der Waals surface area contributed by atoms with Crippen LogP contribution in [0.15, 0.2) is 76.0 Å². The van der Waals surface area contributed by atoms with Crippen LogP contribution in [0.1, 0.15) is 48.6 Å². The third kappa shape index (κ3) is 5.19. The molecule has 3 aromatic carbocycles. The fraction of sp³-hybridized carbons (Fsp3) is 0.250. The van der Waals surface area contributed by atoms with Crippen molar-refractivity contribution < 1.29 is 4.79 Å². The number of carbonyl (C=O) groups is 1. The molecular weight excluding hydrogens is 526 g/mol. The average molecular weight is 553 g/mol. The Bertz CT molecular complexity index is 1450. The fourth-order valence-electron chi connectivity index (χ4n) is 4.24. The first-order valence-corrected chi connectivity index (χ1v) is 12.7. The summed E-state index contributed by atoms with van der Waals surface area (Å²) in [6, 6.07) is 19.6. The van der Waals surface area contributed by atoms with Crippen LogP contribution >= 0.6 is 27.5 Å². The van der Waals surface area contributed by atoms with Gasteiger partial charge in [-0.2, -0.15) is 0 Å². The summed E-state index contributed by atoms with van der Waals surface area (Å²) in [6.07, 6.45) is 0. The van der Waals surface area contributed by atoms with Crippen LogP contribution in [0.2, 0.25) is 5.02 Å². The molecule has 180 valence electrons. The number of aryl methyl sites for hydroxylation is 1. The number of hydrogen-bond donors (Lipinski definition) is 0. The molecule has 0 spiro atoms.